The van der Waals surface area contributed by atoms with E-state index in [2.05, 4.69) is 30.8 Å². The van der Waals surface area contributed by atoms with E-state index in [0.717, 1.165) is 12.7 Å². The smallest absolute Gasteiger partial charge is 0.304 e. The Bertz CT molecular complexity index is 313. The minimum atomic E-state index is 0.110. The first-order valence-corrected chi connectivity index (χ1v) is 5.36. The molecule has 1 unspecified atom stereocenters. The van der Waals surface area contributed by atoms with Crippen molar-refractivity contribution in [3.05, 3.63) is 48.6 Å². The predicted octanol–water partition coefficient (Wildman–Crippen LogP) is 2.84. The SMILES string of the molecule is C=CCB1OOCCC1c1ccccc1. The molecule has 1 atom stereocenters. The van der Waals surface area contributed by atoms with Gasteiger partial charge in [0.25, 0.3) is 0 Å². The molecule has 0 aliphatic carbocycles. The summed E-state index contributed by atoms with van der Waals surface area (Å²) in [7, 11) is 0. The lowest BCUT2D eigenvalue weighted by Crippen LogP contribution is -2.32. The molecule has 1 aliphatic rings. The number of hydrogen-bond donors (Lipinski definition) is 0. The molecule has 0 radical (unpaired) electrons. The quantitative estimate of drug-likeness (QED) is 0.426. The summed E-state index contributed by atoms with van der Waals surface area (Å²) in [5, 5.41) is 0. The Labute approximate surface area is 90.9 Å². The summed E-state index contributed by atoms with van der Waals surface area (Å²) in [4.78, 5) is 10.4. The van der Waals surface area contributed by atoms with Crippen LogP contribution in [0.15, 0.2) is 43.0 Å². The van der Waals surface area contributed by atoms with Crippen molar-refractivity contribution >= 4 is 6.92 Å². The molecule has 1 aromatic rings. The zero-order valence-electron chi connectivity index (χ0n) is 8.76. The second-order valence-corrected chi connectivity index (χ2v) is 3.79. The standard InChI is InChI=1S/C12H15BO2/c1-2-9-13-12(8-10-14-15-13)11-6-4-3-5-7-11/h2-7,12H,1,8-10H2. The van der Waals surface area contributed by atoms with E-state index in [1.165, 1.54) is 5.56 Å². The van der Waals surface area contributed by atoms with Gasteiger partial charge < -0.3 is 4.81 Å². The van der Waals surface area contributed by atoms with Crippen LogP contribution in [-0.2, 0) is 9.69 Å². The van der Waals surface area contributed by atoms with Gasteiger partial charge in [-0.05, 0) is 24.1 Å². The Morgan fingerprint density at radius 1 is 1.40 bits per heavy atom. The summed E-state index contributed by atoms with van der Waals surface area (Å²) in [5.74, 6) is 0.429. The van der Waals surface area contributed by atoms with Gasteiger partial charge in [-0.2, -0.15) is 0 Å². The molecule has 78 valence electrons. The number of benzene rings is 1. The summed E-state index contributed by atoms with van der Waals surface area (Å²) >= 11 is 0. The highest BCUT2D eigenvalue weighted by Crippen LogP contribution is 2.28. The molecule has 0 saturated carbocycles. The molecule has 0 spiro atoms. The molecule has 3 heteroatoms. The minimum Gasteiger partial charge on any atom is -0.304 e. The third kappa shape index (κ3) is 2.49. The van der Waals surface area contributed by atoms with Gasteiger partial charge in [0.15, 0.2) is 0 Å². The summed E-state index contributed by atoms with van der Waals surface area (Å²) in [6.45, 7) is 4.53. The summed E-state index contributed by atoms with van der Waals surface area (Å²) < 4.78 is 0. The Morgan fingerprint density at radius 2 is 2.20 bits per heavy atom. The van der Waals surface area contributed by atoms with Crippen molar-refractivity contribution in [2.45, 2.75) is 18.6 Å². The van der Waals surface area contributed by atoms with Crippen molar-refractivity contribution < 1.29 is 9.69 Å². The van der Waals surface area contributed by atoms with E-state index in [1.807, 2.05) is 12.1 Å². The maximum Gasteiger partial charge on any atom is 0.351 e. The van der Waals surface area contributed by atoms with Crippen LogP contribution in [0.5, 0.6) is 0 Å². The fourth-order valence-corrected chi connectivity index (χ4v) is 2.01. The minimum absolute atomic E-state index is 0.110. The second-order valence-electron chi connectivity index (χ2n) is 3.79. The van der Waals surface area contributed by atoms with Gasteiger partial charge in [0.1, 0.15) is 0 Å². The predicted molar refractivity (Wildman–Crippen MR) is 61.6 cm³/mol. The van der Waals surface area contributed by atoms with E-state index in [0.29, 0.717) is 12.4 Å². The van der Waals surface area contributed by atoms with Crippen LogP contribution < -0.4 is 0 Å². The fraction of sp³-hybridized carbons (Fsp3) is 0.333. The molecule has 2 nitrogen and oxygen atoms in total. The van der Waals surface area contributed by atoms with Crippen LogP contribution in [0.4, 0.5) is 0 Å². The van der Waals surface area contributed by atoms with E-state index in [1.54, 1.807) is 0 Å². The highest BCUT2D eigenvalue weighted by Gasteiger charge is 2.32. The van der Waals surface area contributed by atoms with E-state index in [4.69, 9.17) is 9.69 Å². The molecule has 2 rings (SSSR count). The van der Waals surface area contributed by atoms with Crippen molar-refractivity contribution in [2.75, 3.05) is 6.61 Å². The average molecular weight is 202 g/mol. The van der Waals surface area contributed by atoms with Gasteiger partial charge in [-0.3, -0.25) is 4.89 Å². The molecule has 1 aliphatic heterocycles. The molecule has 1 saturated heterocycles. The highest BCUT2D eigenvalue weighted by molar-refractivity contribution is 6.54. The van der Waals surface area contributed by atoms with E-state index < -0.39 is 0 Å². The Balaban J connectivity index is 2.14. The largest absolute Gasteiger partial charge is 0.351 e. The molecule has 0 bridgehead atoms. The summed E-state index contributed by atoms with van der Waals surface area (Å²) in [6.07, 6.45) is 3.73. The van der Waals surface area contributed by atoms with E-state index in [-0.39, 0.29) is 6.92 Å². The molecule has 0 N–H and O–H groups in total. The van der Waals surface area contributed by atoms with Crippen LogP contribution in [0.1, 0.15) is 17.8 Å². The molecular formula is C12H15BO2. The van der Waals surface area contributed by atoms with E-state index >= 15 is 0 Å². The van der Waals surface area contributed by atoms with Crippen molar-refractivity contribution in [3.8, 4) is 0 Å². The lowest BCUT2D eigenvalue weighted by molar-refractivity contribution is -0.226. The molecule has 0 aromatic heterocycles. The third-order valence-electron chi connectivity index (χ3n) is 2.78. The zero-order chi connectivity index (χ0) is 10.5. The Hall–Kier alpha value is -1.06. The van der Waals surface area contributed by atoms with Crippen molar-refractivity contribution in [1.82, 2.24) is 0 Å². The normalized spacial score (nSPS) is 21.3. The van der Waals surface area contributed by atoms with Crippen molar-refractivity contribution in [2.24, 2.45) is 0 Å². The lowest BCUT2D eigenvalue weighted by atomic mass is 9.50. The molecule has 0 amide bonds. The molecule has 15 heavy (non-hydrogen) atoms. The maximum atomic E-state index is 5.31. The maximum absolute atomic E-state index is 5.31. The molecular weight excluding hydrogens is 187 g/mol. The number of rotatable bonds is 3. The highest BCUT2D eigenvalue weighted by atomic mass is 17.2. The average Bonchev–Trinajstić information content (AvgIpc) is 2.31. The van der Waals surface area contributed by atoms with Gasteiger partial charge in [-0.15, -0.1) is 6.58 Å². The molecule has 1 aromatic carbocycles. The third-order valence-corrected chi connectivity index (χ3v) is 2.78. The summed E-state index contributed by atoms with van der Waals surface area (Å²) in [6, 6.07) is 10.5. The Morgan fingerprint density at radius 3 is 2.93 bits per heavy atom. The number of allylic oxidation sites excluding steroid dienone is 1. The summed E-state index contributed by atoms with van der Waals surface area (Å²) in [5.41, 5.74) is 1.33. The lowest BCUT2D eigenvalue weighted by Gasteiger charge is -2.27. The van der Waals surface area contributed by atoms with Crippen LogP contribution in [-0.4, -0.2) is 13.5 Å². The first kappa shape index (κ1) is 10.5. The Kier molecular flexibility index (Phi) is 3.59. The fourth-order valence-electron chi connectivity index (χ4n) is 2.01. The second kappa shape index (κ2) is 5.15. The van der Waals surface area contributed by atoms with Crippen molar-refractivity contribution in [1.29, 1.82) is 0 Å². The van der Waals surface area contributed by atoms with Crippen LogP contribution >= 0.6 is 0 Å². The van der Waals surface area contributed by atoms with Gasteiger partial charge >= 0.3 is 6.92 Å². The van der Waals surface area contributed by atoms with Crippen LogP contribution in [0, 0.1) is 0 Å². The zero-order valence-corrected chi connectivity index (χ0v) is 8.76. The van der Waals surface area contributed by atoms with Gasteiger partial charge in [0.2, 0.25) is 0 Å². The van der Waals surface area contributed by atoms with Crippen LogP contribution in [0.3, 0.4) is 0 Å². The monoisotopic (exact) mass is 202 g/mol. The van der Waals surface area contributed by atoms with Gasteiger partial charge in [-0.1, -0.05) is 36.4 Å². The van der Waals surface area contributed by atoms with Crippen LogP contribution in [0.25, 0.3) is 0 Å². The van der Waals surface area contributed by atoms with Crippen LogP contribution in [0.2, 0.25) is 6.32 Å². The van der Waals surface area contributed by atoms with Gasteiger partial charge in [0, 0.05) is 0 Å². The van der Waals surface area contributed by atoms with Gasteiger partial charge in [-0.25, -0.2) is 0 Å². The number of hydrogen-bond acceptors (Lipinski definition) is 2. The molecule has 1 heterocycles. The topological polar surface area (TPSA) is 18.5 Å². The first-order valence-electron chi connectivity index (χ1n) is 5.36. The van der Waals surface area contributed by atoms with Crippen molar-refractivity contribution in [3.63, 3.8) is 0 Å². The van der Waals surface area contributed by atoms with E-state index in [9.17, 15) is 0 Å². The van der Waals surface area contributed by atoms with Gasteiger partial charge in [0.05, 0.1) is 6.61 Å². The first-order chi connectivity index (χ1) is 7.42. The molecule has 1 fully saturated rings.